The van der Waals surface area contributed by atoms with Crippen molar-refractivity contribution < 1.29 is 14.2 Å². The van der Waals surface area contributed by atoms with Crippen LogP contribution in [0.4, 0.5) is 0 Å². The van der Waals surface area contributed by atoms with E-state index in [0.29, 0.717) is 11.8 Å². The first-order valence-corrected chi connectivity index (χ1v) is 7.99. The fraction of sp³-hybridized carbons (Fsp3) is 0.625. The normalized spacial score (nSPS) is 22.6. The maximum absolute atomic E-state index is 6.04. The molecule has 0 N–H and O–H groups in total. The predicted molar refractivity (Wildman–Crippen MR) is 85.0 cm³/mol. The largest absolute Gasteiger partial charge is 0.493 e. The Morgan fingerprint density at radius 1 is 1.10 bits per heavy atom. The Morgan fingerprint density at radius 3 is 2.55 bits per heavy atom. The van der Waals surface area contributed by atoms with Gasteiger partial charge in [-0.15, -0.1) is 9.24 Å². The number of hydrogen-bond acceptors (Lipinski definition) is 3. The zero-order chi connectivity index (χ0) is 14.4. The number of benzene rings is 1. The smallest absolute Gasteiger partial charge is 0.160 e. The van der Waals surface area contributed by atoms with Gasteiger partial charge in [0, 0.05) is 0 Å². The van der Waals surface area contributed by atoms with Crippen molar-refractivity contribution in [3.05, 3.63) is 23.8 Å². The Labute approximate surface area is 124 Å². The summed E-state index contributed by atoms with van der Waals surface area (Å²) < 4.78 is 16.6. The third kappa shape index (κ3) is 4.10. The highest BCUT2D eigenvalue weighted by Crippen LogP contribution is 2.29. The summed E-state index contributed by atoms with van der Waals surface area (Å²) in [5.74, 6) is 1.56. The van der Waals surface area contributed by atoms with Crippen LogP contribution >= 0.6 is 9.24 Å². The van der Waals surface area contributed by atoms with Crippen molar-refractivity contribution in [3.8, 4) is 11.5 Å². The molecule has 20 heavy (non-hydrogen) atoms. The molecule has 112 valence electrons. The minimum absolute atomic E-state index is 0.411. The van der Waals surface area contributed by atoms with Crippen LogP contribution in [0.25, 0.3) is 0 Å². The van der Waals surface area contributed by atoms with E-state index in [1.54, 1.807) is 14.2 Å². The zero-order valence-electron chi connectivity index (χ0n) is 12.4. The monoisotopic (exact) mass is 296 g/mol. The summed E-state index contributed by atoms with van der Waals surface area (Å²) in [6.45, 7) is 0.769. The fourth-order valence-electron chi connectivity index (χ4n) is 2.70. The van der Waals surface area contributed by atoms with Crippen LogP contribution in [-0.2, 0) is 11.2 Å². The van der Waals surface area contributed by atoms with E-state index in [-0.39, 0.29) is 0 Å². The maximum Gasteiger partial charge on any atom is 0.160 e. The van der Waals surface area contributed by atoms with Crippen LogP contribution in [-0.4, -0.2) is 32.6 Å². The van der Waals surface area contributed by atoms with Gasteiger partial charge < -0.3 is 14.2 Å². The van der Waals surface area contributed by atoms with Gasteiger partial charge >= 0.3 is 0 Å². The van der Waals surface area contributed by atoms with E-state index in [2.05, 4.69) is 15.3 Å². The molecular weight excluding hydrogens is 271 g/mol. The van der Waals surface area contributed by atoms with Gasteiger partial charge in [-0.3, -0.25) is 0 Å². The lowest BCUT2D eigenvalue weighted by Crippen LogP contribution is -2.28. The van der Waals surface area contributed by atoms with Crippen LogP contribution in [0.5, 0.6) is 11.5 Å². The van der Waals surface area contributed by atoms with Gasteiger partial charge in [-0.05, 0) is 42.6 Å². The van der Waals surface area contributed by atoms with Gasteiger partial charge in [0.2, 0.25) is 0 Å². The molecule has 0 aliphatic heterocycles. The lowest BCUT2D eigenvalue weighted by molar-refractivity contribution is 0.0347. The Bertz CT molecular complexity index is 422. The number of hydrogen-bond donors (Lipinski definition) is 0. The molecule has 3 nitrogen and oxygen atoms in total. The van der Waals surface area contributed by atoms with E-state index in [1.165, 1.54) is 31.2 Å². The van der Waals surface area contributed by atoms with E-state index in [0.717, 1.165) is 24.5 Å². The first kappa shape index (κ1) is 15.6. The SMILES string of the molecule is COc1ccc(CCO[C@H]2CCCC[C@H]2P)cc1OC. The van der Waals surface area contributed by atoms with Crippen LogP contribution in [0, 0.1) is 0 Å². The highest BCUT2D eigenvalue weighted by molar-refractivity contribution is 7.17. The van der Waals surface area contributed by atoms with Crippen molar-refractivity contribution in [2.45, 2.75) is 43.9 Å². The molecule has 0 spiro atoms. The highest BCUT2D eigenvalue weighted by Gasteiger charge is 2.21. The first-order chi connectivity index (χ1) is 9.74. The molecule has 0 heterocycles. The molecule has 1 aromatic rings. The van der Waals surface area contributed by atoms with Gasteiger partial charge in [-0.25, -0.2) is 0 Å². The second-order valence-electron chi connectivity index (χ2n) is 5.30. The van der Waals surface area contributed by atoms with Crippen LogP contribution < -0.4 is 9.47 Å². The molecule has 0 bridgehead atoms. The molecule has 1 fully saturated rings. The summed E-state index contributed by atoms with van der Waals surface area (Å²) in [4.78, 5) is 0. The molecule has 1 unspecified atom stereocenters. The van der Waals surface area contributed by atoms with Crippen molar-refractivity contribution in [2.75, 3.05) is 20.8 Å². The molecule has 0 aromatic heterocycles. The third-order valence-electron chi connectivity index (χ3n) is 3.92. The van der Waals surface area contributed by atoms with E-state index in [9.17, 15) is 0 Å². The van der Waals surface area contributed by atoms with Crippen molar-refractivity contribution in [1.29, 1.82) is 0 Å². The minimum atomic E-state index is 0.411. The Kier molecular flexibility index (Phi) is 6.12. The molecule has 1 saturated carbocycles. The summed E-state index contributed by atoms with van der Waals surface area (Å²) in [6.07, 6.45) is 6.42. The molecule has 1 aromatic carbocycles. The molecule has 0 saturated heterocycles. The minimum Gasteiger partial charge on any atom is -0.493 e. The van der Waals surface area contributed by atoms with Gasteiger partial charge in [-0.1, -0.05) is 18.9 Å². The average molecular weight is 296 g/mol. The van der Waals surface area contributed by atoms with Crippen molar-refractivity contribution >= 4 is 9.24 Å². The zero-order valence-corrected chi connectivity index (χ0v) is 13.6. The van der Waals surface area contributed by atoms with E-state index >= 15 is 0 Å². The number of methoxy groups -OCH3 is 2. The first-order valence-electron chi connectivity index (χ1n) is 7.32. The molecule has 1 aliphatic carbocycles. The summed E-state index contributed by atoms with van der Waals surface area (Å²) in [6, 6.07) is 6.05. The van der Waals surface area contributed by atoms with Crippen molar-refractivity contribution in [3.63, 3.8) is 0 Å². The van der Waals surface area contributed by atoms with Gasteiger partial charge in [0.05, 0.1) is 26.9 Å². The van der Waals surface area contributed by atoms with Crippen molar-refractivity contribution in [2.24, 2.45) is 0 Å². The standard InChI is InChI=1S/C16H25O3P/c1-17-13-8-7-12(11-15(13)18-2)9-10-19-14-5-3-4-6-16(14)20/h7-8,11,14,16H,3-6,9-10,20H2,1-2H3/t14-,16+/m0/s1. The molecule has 0 radical (unpaired) electrons. The van der Waals surface area contributed by atoms with Crippen LogP contribution in [0.2, 0.25) is 0 Å². The Balaban J connectivity index is 1.84. The molecular formula is C16H25O3P. The van der Waals surface area contributed by atoms with Crippen LogP contribution in [0.15, 0.2) is 18.2 Å². The van der Waals surface area contributed by atoms with E-state index in [4.69, 9.17) is 14.2 Å². The topological polar surface area (TPSA) is 27.7 Å². The summed E-state index contributed by atoms with van der Waals surface area (Å²) in [5.41, 5.74) is 1.84. The number of rotatable bonds is 6. The molecule has 0 amide bonds. The maximum atomic E-state index is 6.04. The summed E-state index contributed by atoms with van der Waals surface area (Å²) >= 11 is 0. The lowest BCUT2D eigenvalue weighted by Gasteiger charge is -2.28. The van der Waals surface area contributed by atoms with Crippen LogP contribution in [0.3, 0.4) is 0 Å². The fourth-order valence-corrected chi connectivity index (χ4v) is 3.24. The van der Waals surface area contributed by atoms with Gasteiger partial charge in [0.1, 0.15) is 0 Å². The Hall–Kier alpha value is -0.790. The number of ether oxygens (including phenoxy) is 3. The predicted octanol–water partition coefficient (Wildman–Crippen LogP) is 3.45. The van der Waals surface area contributed by atoms with Gasteiger partial charge in [0.25, 0.3) is 0 Å². The van der Waals surface area contributed by atoms with E-state index in [1.807, 2.05) is 12.1 Å². The Morgan fingerprint density at radius 2 is 1.85 bits per heavy atom. The van der Waals surface area contributed by atoms with Gasteiger partial charge in [-0.2, -0.15) is 0 Å². The summed E-state index contributed by atoms with van der Waals surface area (Å²) in [5, 5.41) is 0. The third-order valence-corrected chi connectivity index (χ3v) is 4.69. The quantitative estimate of drug-likeness (QED) is 0.753. The lowest BCUT2D eigenvalue weighted by atomic mass is 9.97. The van der Waals surface area contributed by atoms with Crippen LogP contribution in [0.1, 0.15) is 31.2 Å². The molecule has 3 atom stereocenters. The van der Waals surface area contributed by atoms with E-state index < -0.39 is 0 Å². The molecule has 1 aliphatic rings. The highest BCUT2D eigenvalue weighted by atomic mass is 31.0. The second-order valence-corrected chi connectivity index (χ2v) is 6.15. The molecule has 4 heteroatoms. The molecule has 2 rings (SSSR count). The van der Waals surface area contributed by atoms with Gasteiger partial charge in [0.15, 0.2) is 11.5 Å². The summed E-state index contributed by atoms with van der Waals surface area (Å²) in [7, 11) is 6.26. The van der Waals surface area contributed by atoms with Crippen molar-refractivity contribution in [1.82, 2.24) is 0 Å². The average Bonchev–Trinajstić information content (AvgIpc) is 2.49. The second kappa shape index (κ2) is 7.85.